The van der Waals surface area contributed by atoms with E-state index in [9.17, 15) is 9.59 Å². The molecule has 0 fully saturated rings. The molecule has 34 heavy (non-hydrogen) atoms. The van der Waals surface area contributed by atoms with Gasteiger partial charge in [-0.2, -0.15) is 0 Å². The predicted molar refractivity (Wildman–Crippen MR) is 140 cm³/mol. The maximum absolute atomic E-state index is 13.4. The number of carbonyl (C=O) groups excluding carboxylic acids is 2. The summed E-state index contributed by atoms with van der Waals surface area (Å²) >= 11 is 11.1. The van der Waals surface area contributed by atoms with Crippen molar-refractivity contribution in [2.75, 3.05) is 5.32 Å². The number of imidazole rings is 1. The maximum Gasteiger partial charge on any atom is 0.265 e. The van der Waals surface area contributed by atoms with Crippen LogP contribution in [0.3, 0.4) is 0 Å². The molecule has 0 unspecified atom stereocenters. The second-order valence-corrected chi connectivity index (χ2v) is 8.46. The van der Waals surface area contributed by atoms with Crippen molar-refractivity contribution in [3.63, 3.8) is 0 Å². The first-order chi connectivity index (χ1) is 16.4. The Morgan fingerprint density at radius 2 is 1.35 bits per heavy atom. The van der Waals surface area contributed by atoms with Crippen molar-refractivity contribution in [1.29, 1.82) is 0 Å². The van der Waals surface area contributed by atoms with Crippen molar-refractivity contribution >= 4 is 47.2 Å². The van der Waals surface area contributed by atoms with E-state index in [0.717, 1.165) is 16.8 Å². The van der Waals surface area contributed by atoms with Crippen molar-refractivity contribution in [2.45, 2.75) is 13.8 Å². The molecular formula is C26H22N4O2S2. The van der Waals surface area contributed by atoms with Gasteiger partial charge in [0.25, 0.3) is 11.8 Å². The van der Waals surface area contributed by atoms with Crippen LogP contribution in [0.15, 0.2) is 85.1 Å². The number of hydrogen-bond donors (Lipinski definition) is 2. The first kappa shape index (κ1) is 23.3. The summed E-state index contributed by atoms with van der Waals surface area (Å²) in [5.41, 5.74) is 3.84. The van der Waals surface area contributed by atoms with E-state index in [4.69, 9.17) is 24.4 Å². The van der Waals surface area contributed by atoms with Crippen LogP contribution in [0.4, 0.5) is 5.82 Å². The molecule has 0 saturated heterocycles. The number of thiocarbonyl (C=S) groups is 1. The van der Waals surface area contributed by atoms with E-state index in [1.807, 2.05) is 44.2 Å². The van der Waals surface area contributed by atoms with E-state index in [0.29, 0.717) is 16.9 Å². The van der Waals surface area contributed by atoms with E-state index in [-0.39, 0.29) is 21.7 Å². The van der Waals surface area contributed by atoms with Gasteiger partial charge in [0.2, 0.25) is 0 Å². The van der Waals surface area contributed by atoms with E-state index >= 15 is 0 Å². The molecule has 0 aliphatic carbocycles. The summed E-state index contributed by atoms with van der Waals surface area (Å²) in [6, 6.07) is 23.5. The fourth-order valence-corrected chi connectivity index (χ4v) is 4.22. The minimum Gasteiger partial charge on any atom is -0.317 e. The van der Waals surface area contributed by atoms with Gasteiger partial charge in [0.05, 0.1) is 11.9 Å². The molecule has 170 valence electrons. The Hall–Kier alpha value is -3.88. The Morgan fingerprint density at radius 1 is 0.794 bits per heavy atom. The molecule has 0 bridgehead atoms. The van der Waals surface area contributed by atoms with E-state index in [2.05, 4.69) is 10.6 Å². The Bertz CT molecular complexity index is 1420. The summed E-state index contributed by atoms with van der Waals surface area (Å²) < 4.78 is 3.45. The third-order valence-electron chi connectivity index (χ3n) is 5.30. The highest BCUT2D eigenvalue weighted by Crippen LogP contribution is 2.24. The van der Waals surface area contributed by atoms with Crippen molar-refractivity contribution < 1.29 is 9.59 Å². The molecule has 0 saturated carbocycles. The number of carbonyl (C=O) groups is 2. The molecule has 0 atom stereocenters. The zero-order valence-corrected chi connectivity index (χ0v) is 20.2. The molecule has 8 heteroatoms. The number of nitrogens with one attached hydrogen (secondary N) is 2. The fourth-order valence-electron chi connectivity index (χ4n) is 3.70. The van der Waals surface area contributed by atoms with Crippen molar-refractivity contribution in [3.8, 4) is 5.69 Å². The van der Waals surface area contributed by atoms with Crippen LogP contribution in [-0.2, 0) is 0 Å². The van der Waals surface area contributed by atoms with Crippen molar-refractivity contribution in [2.24, 2.45) is 0 Å². The molecule has 0 aliphatic rings. The molecule has 1 amide bonds. The van der Waals surface area contributed by atoms with Crippen LogP contribution in [0.1, 0.15) is 31.8 Å². The fraction of sp³-hybridized carbons (Fsp3) is 0.0769. The first-order valence-electron chi connectivity index (χ1n) is 10.5. The van der Waals surface area contributed by atoms with Gasteiger partial charge in [0, 0.05) is 11.1 Å². The smallest absolute Gasteiger partial charge is 0.265 e. The third-order valence-corrected chi connectivity index (χ3v) is 5.88. The quantitative estimate of drug-likeness (QED) is 0.376. The Morgan fingerprint density at radius 3 is 1.94 bits per heavy atom. The van der Waals surface area contributed by atoms with E-state index in [1.165, 1.54) is 4.57 Å². The van der Waals surface area contributed by atoms with Gasteiger partial charge >= 0.3 is 0 Å². The van der Waals surface area contributed by atoms with Gasteiger partial charge in [-0.3, -0.25) is 19.5 Å². The lowest BCUT2D eigenvalue weighted by Crippen LogP contribution is -2.35. The van der Waals surface area contributed by atoms with Crippen LogP contribution in [0.5, 0.6) is 0 Å². The van der Waals surface area contributed by atoms with Gasteiger partial charge < -0.3 is 5.32 Å². The second kappa shape index (κ2) is 9.94. The number of aromatic nitrogens is 2. The molecule has 4 aromatic rings. The second-order valence-electron chi connectivity index (χ2n) is 7.69. The lowest BCUT2D eigenvalue weighted by atomic mass is 10.1. The summed E-state index contributed by atoms with van der Waals surface area (Å²) in [5, 5.41) is 5.69. The van der Waals surface area contributed by atoms with Crippen molar-refractivity contribution in [1.82, 2.24) is 14.5 Å². The SMILES string of the molecule is Cc1cccc(C)c1-n1cc(NC(=S)NC(=O)c2ccccc2)n(C(=O)c2ccccc2)c1=S. The van der Waals surface area contributed by atoms with Crippen LogP contribution in [-0.4, -0.2) is 26.1 Å². The number of amides is 1. The zero-order chi connectivity index (χ0) is 24.2. The molecule has 4 rings (SSSR count). The molecule has 0 aliphatic heterocycles. The summed E-state index contributed by atoms with van der Waals surface area (Å²) in [6.45, 7) is 3.97. The molecular weight excluding hydrogens is 464 g/mol. The van der Waals surface area contributed by atoms with Gasteiger partial charge in [-0.05, 0) is 73.7 Å². The zero-order valence-electron chi connectivity index (χ0n) is 18.6. The lowest BCUT2D eigenvalue weighted by Gasteiger charge is -2.11. The number of aryl methyl sites for hydroxylation is 2. The standard InChI is InChI=1S/C26H22N4O2S2/c1-17-10-9-11-18(2)22(17)29-16-21(27-25(33)28-23(31)19-12-5-3-6-13-19)30(26(29)34)24(32)20-14-7-4-8-15-20/h3-16H,1-2H3,(H2,27,28,31,33). The van der Waals surface area contributed by atoms with Crippen LogP contribution in [0.2, 0.25) is 0 Å². The highest BCUT2D eigenvalue weighted by atomic mass is 32.1. The monoisotopic (exact) mass is 486 g/mol. The Labute approximate surface area is 207 Å². The molecule has 0 spiro atoms. The summed E-state index contributed by atoms with van der Waals surface area (Å²) in [7, 11) is 0. The van der Waals surface area contributed by atoms with Crippen LogP contribution < -0.4 is 10.6 Å². The van der Waals surface area contributed by atoms with Crippen molar-refractivity contribution in [3.05, 3.63) is 112 Å². The molecule has 2 N–H and O–H groups in total. The lowest BCUT2D eigenvalue weighted by molar-refractivity contribution is 0.0958. The molecule has 0 radical (unpaired) electrons. The first-order valence-corrected chi connectivity index (χ1v) is 11.4. The van der Waals surface area contributed by atoms with Gasteiger partial charge in [-0.1, -0.05) is 54.6 Å². The topological polar surface area (TPSA) is 68.1 Å². The summed E-state index contributed by atoms with van der Waals surface area (Å²) in [6.07, 6.45) is 1.72. The molecule has 6 nitrogen and oxygen atoms in total. The molecule has 3 aromatic carbocycles. The average molecular weight is 487 g/mol. The Kier molecular flexibility index (Phi) is 6.81. The van der Waals surface area contributed by atoms with Crippen LogP contribution in [0, 0.1) is 18.6 Å². The third kappa shape index (κ3) is 4.73. The maximum atomic E-state index is 13.4. The largest absolute Gasteiger partial charge is 0.317 e. The average Bonchev–Trinajstić information content (AvgIpc) is 3.14. The minimum atomic E-state index is -0.355. The van der Waals surface area contributed by atoms with Crippen LogP contribution in [0.25, 0.3) is 5.69 Å². The normalized spacial score (nSPS) is 10.5. The van der Waals surface area contributed by atoms with Crippen LogP contribution >= 0.6 is 24.4 Å². The number of rotatable bonds is 4. The van der Waals surface area contributed by atoms with Gasteiger partial charge in [-0.25, -0.2) is 4.57 Å². The number of hydrogen-bond acceptors (Lipinski definition) is 4. The highest BCUT2D eigenvalue weighted by molar-refractivity contribution is 7.80. The summed E-state index contributed by atoms with van der Waals surface area (Å²) in [5.74, 6) is -0.318. The predicted octanol–water partition coefficient (Wildman–Crippen LogP) is 5.44. The minimum absolute atomic E-state index is 0.0529. The number of benzene rings is 3. The molecule has 1 aromatic heterocycles. The molecule has 1 heterocycles. The van der Waals surface area contributed by atoms with Gasteiger partial charge in [0.1, 0.15) is 5.82 Å². The van der Waals surface area contributed by atoms with Gasteiger partial charge in [-0.15, -0.1) is 0 Å². The highest BCUT2D eigenvalue weighted by Gasteiger charge is 2.20. The number of nitrogens with zero attached hydrogens (tertiary/aromatic N) is 2. The Balaban J connectivity index is 1.75. The van der Waals surface area contributed by atoms with E-state index in [1.54, 1.807) is 59.3 Å². The number of anilines is 1. The van der Waals surface area contributed by atoms with Gasteiger partial charge in [0.15, 0.2) is 9.88 Å². The summed E-state index contributed by atoms with van der Waals surface area (Å²) in [4.78, 5) is 26.0. The van der Waals surface area contributed by atoms with E-state index < -0.39 is 0 Å². The number of para-hydroxylation sites is 1.